The highest BCUT2D eigenvalue weighted by Crippen LogP contribution is 2.40. The number of phenols is 1. The van der Waals surface area contributed by atoms with Crippen LogP contribution in [0.3, 0.4) is 0 Å². The van der Waals surface area contributed by atoms with Crippen molar-refractivity contribution < 1.29 is 32.3 Å². The molecule has 9 heteroatoms. The SMILES string of the molecule is Cc1cc(Oc2c(C(F)(F)F)oc3c(C[NH+]4CCCCC4C)c(O)ccc3c2=O)cc(C)c1Cl. The van der Waals surface area contributed by atoms with Gasteiger partial charge in [0.1, 0.15) is 18.0 Å². The number of ether oxygens (including phenoxy) is 1. The van der Waals surface area contributed by atoms with E-state index in [2.05, 4.69) is 6.92 Å². The zero-order valence-electron chi connectivity index (χ0n) is 19.1. The van der Waals surface area contributed by atoms with Gasteiger partial charge in [-0.25, -0.2) is 0 Å². The fraction of sp³-hybridized carbons (Fsp3) is 0.400. The molecule has 2 aromatic carbocycles. The van der Waals surface area contributed by atoms with Crippen molar-refractivity contribution in [2.45, 2.75) is 58.8 Å². The lowest BCUT2D eigenvalue weighted by molar-refractivity contribution is -0.941. The summed E-state index contributed by atoms with van der Waals surface area (Å²) >= 11 is 6.15. The van der Waals surface area contributed by atoms with Crippen LogP contribution in [-0.4, -0.2) is 17.7 Å². The van der Waals surface area contributed by atoms with Gasteiger partial charge in [0.05, 0.1) is 23.5 Å². The van der Waals surface area contributed by atoms with Crippen molar-refractivity contribution >= 4 is 22.6 Å². The Hall–Kier alpha value is -2.71. The number of fused-ring (bicyclic) bond motifs is 1. The van der Waals surface area contributed by atoms with E-state index in [-0.39, 0.29) is 40.6 Å². The molecule has 1 aliphatic heterocycles. The van der Waals surface area contributed by atoms with E-state index in [1.54, 1.807) is 13.8 Å². The summed E-state index contributed by atoms with van der Waals surface area (Å²) in [4.78, 5) is 14.4. The number of aryl methyl sites for hydroxylation is 2. The summed E-state index contributed by atoms with van der Waals surface area (Å²) in [6.45, 7) is 6.52. The minimum absolute atomic E-state index is 0.0436. The van der Waals surface area contributed by atoms with E-state index in [1.165, 1.54) is 24.3 Å². The predicted octanol–water partition coefficient (Wildman–Crippen LogP) is 5.54. The molecule has 0 aliphatic carbocycles. The maximum Gasteiger partial charge on any atom is 0.453 e. The van der Waals surface area contributed by atoms with Crippen LogP contribution < -0.4 is 15.1 Å². The van der Waals surface area contributed by atoms with Crippen molar-refractivity contribution in [3.63, 3.8) is 0 Å². The number of nitrogens with one attached hydrogen (secondary N) is 1. The van der Waals surface area contributed by atoms with Gasteiger partial charge in [-0.05, 0) is 75.4 Å². The Labute approximate surface area is 199 Å². The van der Waals surface area contributed by atoms with Crippen LogP contribution in [0.2, 0.25) is 5.02 Å². The third-order valence-electron chi connectivity index (χ3n) is 6.47. The van der Waals surface area contributed by atoms with Gasteiger partial charge in [0, 0.05) is 5.02 Å². The molecule has 1 aromatic heterocycles. The molecule has 2 unspecified atom stereocenters. The molecule has 0 saturated carbocycles. The van der Waals surface area contributed by atoms with E-state index in [9.17, 15) is 23.1 Å². The van der Waals surface area contributed by atoms with E-state index in [4.69, 9.17) is 20.8 Å². The fourth-order valence-electron chi connectivity index (χ4n) is 4.56. The molecule has 34 heavy (non-hydrogen) atoms. The molecule has 1 saturated heterocycles. The zero-order valence-corrected chi connectivity index (χ0v) is 19.9. The van der Waals surface area contributed by atoms with Crippen molar-refractivity contribution in [1.82, 2.24) is 0 Å². The standard InChI is InChI=1S/C25H25ClF3NO4/c1-13-10-16(11-14(2)20(13)26)33-23-21(32)17-7-8-19(31)18(12-30-9-5-4-6-15(30)3)22(17)34-24(23)25(27,28)29/h7-8,10-11,15,31H,4-6,9,12H2,1-3H3/p+1. The lowest BCUT2D eigenvalue weighted by Gasteiger charge is -2.30. The van der Waals surface area contributed by atoms with Gasteiger partial charge in [-0.3, -0.25) is 4.79 Å². The Balaban J connectivity index is 1.89. The van der Waals surface area contributed by atoms with Crippen molar-refractivity contribution in [3.05, 3.63) is 62.0 Å². The van der Waals surface area contributed by atoms with E-state index >= 15 is 0 Å². The first-order valence-corrected chi connectivity index (χ1v) is 11.5. The van der Waals surface area contributed by atoms with E-state index in [1.807, 2.05) is 0 Å². The Bertz CT molecular complexity index is 1280. The van der Waals surface area contributed by atoms with Gasteiger partial charge in [0.2, 0.25) is 11.2 Å². The fourth-order valence-corrected chi connectivity index (χ4v) is 4.67. The molecule has 0 spiro atoms. The monoisotopic (exact) mass is 496 g/mol. The second kappa shape index (κ2) is 9.15. The Morgan fingerprint density at radius 2 is 1.88 bits per heavy atom. The van der Waals surface area contributed by atoms with Crippen LogP contribution in [0.1, 0.15) is 48.6 Å². The highest BCUT2D eigenvalue weighted by Gasteiger charge is 2.41. The second-order valence-electron chi connectivity index (χ2n) is 8.98. The van der Waals surface area contributed by atoms with Gasteiger partial charge in [0.15, 0.2) is 5.58 Å². The van der Waals surface area contributed by atoms with E-state index < -0.39 is 23.1 Å². The molecule has 1 aliphatic rings. The predicted molar refractivity (Wildman–Crippen MR) is 123 cm³/mol. The average molecular weight is 497 g/mol. The number of aromatic hydroxyl groups is 1. The summed E-state index contributed by atoms with van der Waals surface area (Å²) in [6, 6.07) is 5.78. The number of piperidine rings is 1. The van der Waals surface area contributed by atoms with Crippen LogP contribution >= 0.6 is 11.6 Å². The van der Waals surface area contributed by atoms with E-state index in [0.29, 0.717) is 16.1 Å². The Morgan fingerprint density at radius 1 is 1.21 bits per heavy atom. The molecule has 182 valence electrons. The summed E-state index contributed by atoms with van der Waals surface area (Å²) in [7, 11) is 0. The van der Waals surface area contributed by atoms with Crippen LogP contribution in [0.4, 0.5) is 13.2 Å². The minimum Gasteiger partial charge on any atom is -0.507 e. The van der Waals surface area contributed by atoms with Crippen molar-refractivity contribution in [2.24, 2.45) is 0 Å². The van der Waals surface area contributed by atoms with Crippen LogP contribution in [0.25, 0.3) is 11.0 Å². The van der Waals surface area contributed by atoms with Crippen LogP contribution in [0.5, 0.6) is 17.2 Å². The normalized spacial score (nSPS) is 18.9. The molecule has 1 fully saturated rings. The summed E-state index contributed by atoms with van der Waals surface area (Å²) < 4.78 is 52.9. The summed E-state index contributed by atoms with van der Waals surface area (Å²) in [5.74, 6) is -2.64. The lowest BCUT2D eigenvalue weighted by atomic mass is 10.0. The molecule has 5 nitrogen and oxygen atoms in total. The number of hydrogen-bond acceptors (Lipinski definition) is 4. The van der Waals surface area contributed by atoms with Gasteiger partial charge < -0.3 is 19.2 Å². The molecule has 0 bridgehead atoms. The number of likely N-dealkylation sites (tertiary alicyclic amines) is 1. The number of halogens is 4. The number of quaternary nitrogens is 1. The molecular formula is C25H26ClF3NO4+. The van der Waals surface area contributed by atoms with Crippen molar-refractivity contribution in [2.75, 3.05) is 6.54 Å². The van der Waals surface area contributed by atoms with Crippen LogP contribution in [-0.2, 0) is 12.7 Å². The molecule has 4 rings (SSSR count). The smallest absolute Gasteiger partial charge is 0.453 e. The Morgan fingerprint density at radius 3 is 2.50 bits per heavy atom. The summed E-state index contributed by atoms with van der Waals surface area (Å²) in [6.07, 6.45) is -1.94. The molecule has 0 radical (unpaired) electrons. The highest BCUT2D eigenvalue weighted by molar-refractivity contribution is 6.32. The highest BCUT2D eigenvalue weighted by atomic mass is 35.5. The summed E-state index contributed by atoms with van der Waals surface area (Å²) in [5, 5.41) is 10.9. The number of rotatable bonds is 4. The number of benzene rings is 2. The van der Waals surface area contributed by atoms with Crippen LogP contribution in [0, 0.1) is 13.8 Å². The Kier molecular flexibility index (Phi) is 6.57. The number of phenolic OH excluding ortho intramolecular Hbond substituents is 1. The summed E-state index contributed by atoms with van der Waals surface area (Å²) in [5.41, 5.74) is 0.163. The van der Waals surface area contributed by atoms with Gasteiger partial charge in [-0.1, -0.05) is 11.6 Å². The largest absolute Gasteiger partial charge is 0.507 e. The quantitative estimate of drug-likeness (QED) is 0.498. The first-order valence-electron chi connectivity index (χ1n) is 11.2. The molecule has 2 atom stereocenters. The topological polar surface area (TPSA) is 64.1 Å². The van der Waals surface area contributed by atoms with Gasteiger partial charge in [-0.15, -0.1) is 0 Å². The van der Waals surface area contributed by atoms with Gasteiger partial charge in [0.25, 0.3) is 5.76 Å². The maximum atomic E-state index is 14.0. The molecule has 2 heterocycles. The minimum atomic E-state index is -4.99. The third-order valence-corrected chi connectivity index (χ3v) is 7.07. The number of alkyl halides is 3. The first kappa shape index (κ1) is 24.4. The van der Waals surface area contributed by atoms with Gasteiger partial charge in [-0.2, -0.15) is 13.2 Å². The number of hydrogen-bond donors (Lipinski definition) is 2. The first-order chi connectivity index (χ1) is 16.0. The van der Waals surface area contributed by atoms with E-state index in [0.717, 1.165) is 30.7 Å². The van der Waals surface area contributed by atoms with Crippen LogP contribution in [0.15, 0.2) is 33.5 Å². The second-order valence-corrected chi connectivity index (χ2v) is 9.36. The molecule has 0 amide bonds. The maximum absolute atomic E-state index is 14.0. The zero-order chi connectivity index (χ0) is 24.8. The van der Waals surface area contributed by atoms with Gasteiger partial charge >= 0.3 is 6.18 Å². The lowest BCUT2D eigenvalue weighted by Crippen LogP contribution is -3.14. The average Bonchev–Trinajstić information content (AvgIpc) is 2.76. The molecule has 3 aromatic rings. The molecular weight excluding hydrogens is 471 g/mol. The van der Waals surface area contributed by atoms with Crippen molar-refractivity contribution in [1.29, 1.82) is 0 Å². The molecule has 2 N–H and O–H groups in total. The third kappa shape index (κ3) is 4.61. The van der Waals surface area contributed by atoms with Crippen molar-refractivity contribution in [3.8, 4) is 17.2 Å².